The van der Waals surface area contributed by atoms with Crippen LogP contribution in [0, 0.1) is 20.2 Å². The normalized spacial score (nSPS) is 10.9. The number of nitro benzene ring substituents is 2. The first-order valence-corrected chi connectivity index (χ1v) is 11.5. The summed E-state index contributed by atoms with van der Waals surface area (Å²) in [7, 11) is 0. The zero-order chi connectivity index (χ0) is 25.1. The third kappa shape index (κ3) is 5.38. The van der Waals surface area contributed by atoms with E-state index < -0.39 is 9.85 Å². The van der Waals surface area contributed by atoms with Crippen LogP contribution in [0.25, 0.3) is 22.0 Å². The molecule has 0 atom stereocenters. The molecule has 4 aromatic rings. The van der Waals surface area contributed by atoms with Gasteiger partial charge in [-0.1, -0.05) is 40.2 Å². The quantitative estimate of drug-likeness (QED) is 0.153. The summed E-state index contributed by atoms with van der Waals surface area (Å²) in [4.78, 5) is 33.6. The van der Waals surface area contributed by atoms with Crippen LogP contribution in [0.3, 0.4) is 0 Å². The average Bonchev–Trinajstić information content (AvgIpc) is 3.15. The van der Waals surface area contributed by atoms with Gasteiger partial charge in [0.15, 0.2) is 0 Å². The smallest absolute Gasteiger partial charge is 0.310 e. The lowest BCUT2D eigenvalue weighted by molar-refractivity contribution is -0.394. The Morgan fingerprint density at radius 3 is 2.31 bits per heavy atom. The van der Waals surface area contributed by atoms with Gasteiger partial charge >= 0.3 is 5.97 Å². The van der Waals surface area contributed by atoms with Gasteiger partial charge in [0, 0.05) is 40.2 Å². The van der Waals surface area contributed by atoms with E-state index in [1.807, 2.05) is 47.2 Å². The molecule has 0 saturated heterocycles. The Balaban J connectivity index is 1.85. The van der Waals surface area contributed by atoms with Crippen LogP contribution in [0.4, 0.5) is 11.4 Å². The molecule has 0 unspecified atom stereocenters. The first-order chi connectivity index (χ1) is 16.7. The number of carbonyl (C=O) groups excluding carboxylic acids is 1. The highest BCUT2D eigenvalue weighted by molar-refractivity contribution is 9.10. The van der Waals surface area contributed by atoms with Crippen LogP contribution < -0.4 is 0 Å². The summed E-state index contributed by atoms with van der Waals surface area (Å²) in [5.74, 6) is -0.340. The van der Waals surface area contributed by atoms with Gasteiger partial charge in [-0.25, -0.2) is 0 Å². The molecule has 0 N–H and O–H groups in total. The van der Waals surface area contributed by atoms with Crippen LogP contribution >= 0.6 is 15.9 Å². The summed E-state index contributed by atoms with van der Waals surface area (Å²) in [6.07, 6.45) is 1.99. The van der Waals surface area contributed by atoms with Crippen molar-refractivity contribution in [2.24, 2.45) is 0 Å². The van der Waals surface area contributed by atoms with Crippen molar-refractivity contribution in [2.75, 3.05) is 6.61 Å². The number of aromatic nitrogens is 1. The maximum Gasteiger partial charge on any atom is 0.310 e. The molecule has 0 amide bonds. The molecule has 35 heavy (non-hydrogen) atoms. The van der Waals surface area contributed by atoms with Crippen LogP contribution in [0.15, 0.2) is 71.3 Å². The van der Waals surface area contributed by atoms with Gasteiger partial charge in [0.2, 0.25) is 0 Å². The van der Waals surface area contributed by atoms with Crippen molar-refractivity contribution in [3.05, 3.63) is 103 Å². The van der Waals surface area contributed by atoms with Crippen molar-refractivity contribution in [1.29, 1.82) is 0 Å². The van der Waals surface area contributed by atoms with E-state index in [4.69, 9.17) is 4.74 Å². The van der Waals surface area contributed by atoms with Crippen molar-refractivity contribution < 1.29 is 19.4 Å². The summed E-state index contributed by atoms with van der Waals surface area (Å²) in [6.45, 7) is 2.54. The second-order valence-electron chi connectivity index (χ2n) is 7.88. The molecule has 4 rings (SSSR count). The number of hydrogen-bond acceptors (Lipinski definition) is 6. The van der Waals surface area contributed by atoms with E-state index in [0.29, 0.717) is 17.7 Å². The second kappa shape index (κ2) is 10.1. The standard InChI is InChI=1S/C25H20BrN3O6/c1-2-35-25(30)12-19-15-27(14-16-4-3-5-20(26)8-16)24-11-17(6-7-23(19)24)18-9-21(28(31)32)13-22(10-18)29(33)34/h3-11,13,15H,2,12,14H2,1H3. The van der Waals surface area contributed by atoms with Crippen LogP contribution in [0.1, 0.15) is 18.1 Å². The van der Waals surface area contributed by atoms with Crippen molar-refractivity contribution in [3.63, 3.8) is 0 Å². The lowest BCUT2D eigenvalue weighted by atomic mass is 10.0. The minimum absolute atomic E-state index is 0.0947. The largest absolute Gasteiger partial charge is 0.466 e. The number of non-ortho nitro benzene ring substituents is 2. The van der Waals surface area contributed by atoms with Crippen LogP contribution in [-0.4, -0.2) is 27.0 Å². The number of nitro groups is 2. The number of carbonyl (C=O) groups is 1. The predicted molar refractivity (Wildman–Crippen MR) is 134 cm³/mol. The maximum absolute atomic E-state index is 12.2. The van der Waals surface area contributed by atoms with Gasteiger partial charge in [0.05, 0.1) is 28.9 Å². The van der Waals surface area contributed by atoms with Crippen molar-refractivity contribution in [2.45, 2.75) is 19.9 Å². The Morgan fingerprint density at radius 1 is 0.971 bits per heavy atom. The first-order valence-electron chi connectivity index (χ1n) is 10.7. The van der Waals surface area contributed by atoms with Crippen LogP contribution in [-0.2, 0) is 22.5 Å². The fraction of sp³-hybridized carbons (Fsp3) is 0.160. The van der Waals surface area contributed by atoms with E-state index in [-0.39, 0.29) is 30.4 Å². The molecule has 178 valence electrons. The second-order valence-corrected chi connectivity index (χ2v) is 8.79. The Bertz CT molecular complexity index is 1430. The van der Waals surface area contributed by atoms with Gasteiger partial charge in [-0.2, -0.15) is 0 Å². The third-order valence-corrected chi connectivity index (χ3v) is 6.00. The third-order valence-electron chi connectivity index (χ3n) is 5.50. The minimum Gasteiger partial charge on any atom is -0.466 e. The molecule has 3 aromatic carbocycles. The predicted octanol–water partition coefficient (Wildman–Crippen LogP) is 6.04. The number of esters is 1. The Labute approximate surface area is 208 Å². The summed E-state index contributed by atoms with van der Waals surface area (Å²) < 4.78 is 8.04. The number of benzene rings is 3. The zero-order valence-corrected chi connectivity index (χ0v) is 20.2. The molecule has 0 bridgehead atoms. The van der Waals surface area contributed by atoms with Crippen LogP contribution in [0.2, 0.25) is 0 Å². The molecule has 0 aliphatic rings. The number of rotatable bonds is 8. The SMILES string of the molecule is CCOC(=O)Cc1cn(Cc2cccc(Br)c2)c2cc(-c3cc([N+](=O)[O-])cc([N+](=O)[O-])c3)ccc12. The van der Waals surface area contributed by atoms with Gasteiger partial charge in [-0.15, -0.1) is 0 Å². The zero-order valence-electron chi connectivity index (χ0n) is 18.6. The number of halogens is 1. The van der Waals surface area contributed by atoms with Crippen molar-refractivity contribution in [1.82, 2.24) is 4.57 Å². The fourth-order valence-corrected chi connectivity index (χ4v) is 4.44. The molecule has 9 nitrogen and oxygen atoms in total. The average molecular weight is 538 g/mol. The molecule has 10 heteroatoms. The molecule has 0 aliphatic heterocycles. The molecule has 0 radical (unpaired) electrons. The number of fused-ring (bicyclic) bond motifs is 1. The minimum atomic E-state index is -0.650. The van der Waals surface area contributed by atoms with E-state index in [0.717, 1.165) is 32.6 Å². The molecule has 1 heterocycles. The number of nitrogens with zero attached hydrogens (tertiary/aromatic N) is 3. The molecule has 0 saturated carbocycles. The fourth-order valence-electron chi connectivity index (χ4n) is 3.99. The molecule has 0 spiro atoms. The number of hydrogen-bond donors (Lipinski definition) is 0. The van der Waals surface area contributed by atoms with Gasteiger partial charge in [-0.3, -0.25) is 25.0 Å². The lowest BCUT2D eigenvalue weighted by Gasteiger charge is -2.08. The summed E-state index contributed by atoms with van der Waals surface area (Å²) in [6, 6.07) is 16.8. The van der Waals surface area contributed by atoms with Gasteiger partial charge in [0.1, 0.15) is 0 Å². The lowest BCUT2D eigenvalue weighted by Crippen LogP contribution is -2.07. The highest BCUT2D eigenvalue weighted by Gasteiger charge is 2.19. The summed E-state index contributed by atoms with van der Waals surface area (Å²) in [5, 5.41) is 23.5. The molecular weight excluding hydrogens is 518 g/mol. The molecule has 0 aliphatic carbocycles. The van der Waals surface area contributed by atoms with Crippen molar-refractivity contribution >= 4 is 44.2 Å². The van der Waals surface area contributed by atoms with E-state index in [2.05, 4.69) is 15.9 Å². The number of ether oxygens (including phenoxy) is 1. The first kappa shape index (κ1) is 24.1. The Morgan fingerprint density at radius 2 is 1.69 bits per heavy atom. The van der Waals surface area contributed by atoms with E-state index in [9.17, 15) is 25.0 Å². The van der Waals surface area contributed by atoms with E-state index in [1.54, 1.807) is 13.0 Å². The monoisotopic (exact) mass is 537 g/mol. The van der Waals surface area contributed by atoms with Gasteiger partial charge in [-0.05, 0) is 47.4 Å². The molecule has 0 fully saturated rings. The van der Waals surface area contributed by atoms with Gasteiger partial charge < -0.3 is 9.30 Å². The topological polar surface area (TPSA) is 118 Å². The molecular formula is C25H20BrN3O6. The van der Waals surface area contributed by atoms with Crippen LogP contribution in [0.5, 0.6) is 0 Å². The highest BCUT2D eigenvalue weighted by Crippen LogP contribution is 2.33. The van der Waals surface area contributed by atoms with E-state index in [1.165, 1.54) is 12.1 Å². The Kier molecular flexibility index (Phi) is 6.92. The molecule has 1 aromatic heterocycles. The highest BCUT2D eigenvalue weighted by atomic mass is 79.9. The van der Waals surface area contributed by atoms with E-state index >= 15 is 0 Å². The van der Waals surface area contributed by atoms with Crippen molar-refractivity contribution in [3.8, 4) is 11.1 Å². The Hall–Kier alpha value is -4.05. The summed E-state index contributed by atoms with van der Waals surface area (Å²) >= 11 is 3.48. The van der Waals surface area contributed by atoms with Gasteiger partial charge in [0.25, 0.3) is 11.4 Å². The summed E-state index contributed by atoms with van der Waals surface area (Å²) in [5.41, 5.74) is 2.82. The maximum atomic E-state index is 12.2.